The van der Waals surface area contributed by atoms with Crippen LogP contribution in [-0.2, 0) is 16.1 Å². The van der Waals surface area contributed by atoms with Crippen LogP contribution in [0.5, 0.6) is 0 Å². The van der Waals surface area contributed by atoms with Gasteiger partial charge in [0.2, 0.25) is 0 Å². The summed E-state index contributed by atoms with van der Waals surface area (Å²) in [5.74, 6) is -0.0153. The molecule has 1 N–H and O–H groups in total. The molecular weight excluding hydrogens is 245 g/mol. The number of carbonyl (C=O) groups excluding carboxylic acids is 1. The minimum absolute atomic E-state index is 0.131. The van der Waals surface area contributed by atoms with Gasteiger partial charge < -0.3 is 10.1 Å². The van der Waals surface area contributed by atoms with Crippen molar-refractivity contribution < 1.29 is 13.9 Å². The quantitative estimate of drug-likeness (QED) is 0.581. The Morgan fingerprint density at radius 1 is 1.32 bits per heavy atom. The summed E-state index contributed by atoms with van der Waals surface area (Å²) in [4.78, 5) is 11.3. The zero-order chi connectivity index (χ0) is 14.1. The average Bonchev–Trinajstić information content (AvgIpc) is 2.35. The van der Waals surface area contributed by atoms with Gasteiger partial charge in [0.25, 0.3) is 0 Å². The molecule has 0 heterocycles. The molecule has 0 aliphatic carbocycles. The van der Waals surface area contributed by atoms with Crippen molar-refractivity contribution in [1.29, 1.82) is 0 Å². The van der Waals surface area contributed by atoms with Crippen LogP contribution in [0.2, 0.25) is 0 Å². The van der Waals surface area contributed by atoms with Gasteiger partial charge >= 0.3 is 5.97 Å². The minimum atomic E-state index is -0.221. The zero-order valence-corrected chi connectivity index (χ0v) is 11.6. The highest BCUT2D eigenvalue weighted by Crippen LogP contribution is 2.02. The van der Waals surface area contributed by atoms with Crippen molar-refractivity contribution in [3.8, 4) is 0 Å². The zero-order valence-electron chi connectivity index (χ0n) is 11.6. The number of carbonyl (C=O) groups is 1. The van der Waals surface area contributed by atoms with E-state index in [2.05, 4.69) is 5.32 Å². The van der Waals surface area contributed by atoms with Crippen molar-refractivity contribution in [1.82, 2.24) is 5.32 Å². The molecule has 0 fully saturated rings. The summed E-state index contributed by atoms with van der Waals surface area (Å²) in [6, 6.07) is 6.41. The second kappa shape index (κ2) is 8.64. The molecule has 0 unspecified atom stereocenters. The fourth-order valence-corrected chi connectivity index (χ4v) is 1.61. The highest BCUT2D eigenvalue weighted by molar-refractivity contribution is 5.69. The molecule has 19 heavy (non-hydrogen) atoms. The van der Waals surface area contributed by atoms with Gasteiger partial charge in [-0.05, 0) is 36.6 Å². The Morgan fingerprint density at radius 2 is 2.00 bits per heavy atom. The molecule has 4 heteroatoms. The Balaban J connectivity index is 2.02. The van der Waals surface area contributed by atoms with Gasteiger partial charge in [-0.25, -0.2) is 4.39 Å². The number of rotatable bonds is 8. The molecule has 106 valence electrons. The minimum Gasteiger partial charge on any atom is -0.466 e. The number of nitrogens with one attached hydrogen (secondary N) is 1. The summed E-state index contributed by atoms with van der Waals surface area (Å²) in [5.41, 5.74) is 1.04. The molecule has 1 aromatic rings. The van der Waals surface area contributed by atoms with Gasteiger partial charge in [0.1, 0.15) is 5.82 Å². The molecule has 0 aliphatic rings. The van der Waals surface area contributed by atoms with Gasteiger partial charge in [0, 0.05) is 13.0 Å². The first-order valence-corrected chi connectivity index (χ1v) is 6.68. The molecule has 0 radical (unpaired) electrons. The van der Waals surface area contributed by atoms with Gasteiger partial charge in [0.05, 0.1) is 6.61 Å². The Morgan fingerprint density at radius 3 is 2.63 bits per heavy atom. The molecule has 3 nitrogen and oxygen atoms in total. The monoisotopic (exact) mass is 267 g/mol. The molecule has 0 saturated carbocycles. The van der Waals surface area contributed by atoms with Gasteiger partial charge in [-0.1, -0.05) is 26.0 Å². The first-order chi connectivity index (χ1) is 9.08. The number of halogens is 1. The molecule has 0 aromatic heterocycles. The Labute approximate surface area is 114 Å². The predicted molar refractivity (Wildman–Crippen MR) is 73.1 cm³/mol. The third kappa shape index (κ3) is 7.57. The van der Waals surface area contributed by atoms with Crippen molar-refractivity contribution in [3.63, 3.8) is 0 Å². The van der Waals surface area contributed by atoms with E-state index in [0.717, 1.165) is 18.5 Å². The van der Waals surface area contributed by atoms with Crippen LogP contribution in [0.3, 0.4) is 0 Å². The summed E-state index contributed by atoms with van der Waals surface area (Å²) in [5, 5.41) is 3.22. The number of esters is 1. The fraction of sp³-hybridized carbons (Fsp3) is 0.533. The van der Waals surface area contributed by atoms with Gasteiger partial charge in [-0.3, -0.25) is 4.79 Å². The molecular formula is C15H22FNO2. The summed E-state index contributed by atoms with van der Waals surface area (Å²) >= 11 is 0. The van der Waals surface area contributed by atoms with E-state index in [1.54, 1.807) is 12.1 Å². The molecule has 1 rings (SSSR count). The Kier molecular flexibility index (Phi) is 7.11. The van der Waals surface area contributed by atoms with E-state index in [9.17, 15) is 9.18 Å². The molecule has 0 saturated heterocycles. The van der Waals surface area contributed by atoms with Crippen molar-refractivity contribution in [2.24, 2.45) is 5.92 Å². The maximum atomic E-state index is 12.7. The lowest BCUT2D eigenvalue weighted by Crippen LogP contribution is -2.17. The average molecular weight is 267 g/mol. The number of benzene rings is 1. The largest absolute Gasteiger partial charge is 0.466 e. The summed E-state index contributed by atoms with van der Waals surface area (Å²) in [6.45, 7) is 5.89. The topological polar surface area (TPSA) is 38.3 Å². The van der Waals surface area contributed by atoms with Crippen molar-refractivity contribution in [2.45, 2.75) is 33.2 Å². The lowest BCUT2D eigenvalue weighted by atomic mass is 10.1. The van der Waals surface area contributed by atoms with Crippen molar-refractivity contribution >= 4 is 5.97 Å². The van der Waals surface area contributed by atoms with Crippen molar-refractivity contribution in [3.05, 3.63) is 35.6 Å². The summed E-state index contributed by atoms with van der Waals surface area (Å²) in [6.07, 6.45) is 1.26. The lowest BCUT2D eigenvalue weighted by Gasteiger charge is -2.07. The SMILES string of the molecule is CC(C)CC(=O)OCCCNCc1ccc(F)cc1. The van der Waals surface area contributed by atoms with E-state index in [0.29, 0.717) is 25.5 Å². The second-order valence-electron chi connectivity index (χ2n) is 4.98. The van der Waals surface area contributed by atoms with Crippen LogP contribution in [0, 0.1) is 11.7 Å². The third-order valence-electron chi connectivity index (χ3n) is 2.58. The van der Waals surface area contributed by atoms with E-state index in [-0.39, 0.29) is 11.8 Å². The maximum Gasteiger partial charge on any atom is 0.306 e. The van der Waals surface area contributed by atoms with Gasteiger partial charge in [0.15, 0.2) is 0 Å². The first kappa shape index (κ1) is 15.6. The Hall–Kier alpha value is -1.42. The molecule has 0 bridgehead atoms. The highest BCUT2D eigenvalue weighted by Gasteiger charge is 2.05. The number of hydrogen-bond acceptors (Lipinski definition) is 3. The Bertz CT molecular complexity index is 376. The molecule has 1 aromatic carbocycles. The van der Waals surface area contributed by atoms with E-state index in [1.165, 1.54) is 12.1 Å². The highest BCUT2D eigenvalue weighted by atomic mass is 19.1. The van der Waals surface area contributed by atoms with Gasteiger partial charge in [-0.2, -0.15) is 0 Å². The van der Waals surface area contributed by atoms with Crippen LogP contribution in [0.1, 0.15) is 32.3 Å². The first-order valence-electron chi connectivity index (χ1n) is 6.68. The van der Waals surface area contributed by atoms with Crippen LogP contribution >= 0.6 is 0 Å². The van der Waals surface area contributed by atoms with E-state index in [4.69, 9.17) is 4.74 Å². The molecule has 0 amide bonds. The second-order valence-corrected chi connectivity index (χ2v) is 4.98. The molecule has 0 spiro atoms. The fourth-order valence-electron chi connectivity index (χ4n) is 1.61. The lowest BCUT2D eigenvalue weighted by molar-refractivity contribution is -0.144. The van der Waals surface area contributed by atoms with E-state index in [1.807, 2.05) is 13.8 Å². The summed E-state index contributed by atoms with van der Waals surface area (Å²) in [7, 11) is 0. The standard InChI is InChI=1S/C15H22FNO2/c1-12(2)10-15(18)19-9-3-8-17-11-13-4-6-14(16)7-5-13/h4-7,12,17H,3,8-11H2,1-2H3. The van der Waals surface area contributed by atoms with E-state index < -0.39 is 0 Å². The van der Waals surface area contributed by atoms with E-state index >= 15 is 0 Å². The molecule has 0 aliphatic heterocycles. The summed E-state index contributed by atoms with van der Waals surface area (Å²) < 4.78 is 17.8. The van der Waals surface area contributed by atoms with Crippen LogP contribution in [-0.4, -0.2) is 19.1 Å². The van der Waals surface area contributed by atoms with Crippen molar-refractivity contribution in [2.75, 3.05) is 13.2 Å². The van der Waals surface area contributed by atoms with Crippen LogP contribution < -0.4 is 5.32 Å². The normalized spacial score (nSPS) is 10.7. The van der Waals surface area contributed by atoms with Crippen LogP contribution in [0.4, 0.5) is 4.39 Å². The smallest absolute Gasteiger partial charge is 0.306 e. The molecule has 0 atom stereocenters. The number of hydrogen-bond donors (Lipinski definition) is 1. The predicted octanol–water partition coefficient (Wildman–Crippen LogP) is 2.89. The van der Waals surface area contributed by atoms with Gasteiger partial charge in [-0.15, -0.1) is 0 Å². The maximum absolute atomic E-state index is 12.7. The van der Waals surface area contributed by atoms with Crippen LogP contribution in [0.25, 0.3) is 0 Å². The van der Waals surface area contributed by atoms with Crippen LogP contribution in [0.15, 0.2) is 24.3 Å². The third-order valence-corrected chi connectivity index (χ3v) is 2.58. The number of ether oxygens (including phenoxy) is 1.